The van der Waals surface area contributed by atoms with Gasteiger partial charge in [-0.1, -0.05) is 0 Å². The monoisotopic (exact) mass is 356 g/mol. The number of methoxy groups -OCH3 is 1. The van der Waals surface area contributed by atoms with Gasteiger partial charge in [-0.3, -0.25) is 9.69 Å². The maximum atomic E-state index is 12.6. The van der Waals surface area contributed by atoms with E-state index in [4.69, 9.17) is 4.74 Å². The molecule has 0 bridgehead atoms. The summed E-state index contributed by atoms with van der Waals surface area (Å²) in [4.78, 5) is 15.0. The summed E-state index contributed by atoms with van der Waals surface area (Å²) in [5.41, 5.74) is 3.76. The van der Waals surface area contributed by atoms with E-state index < -0.39 is 0 Å². The minimum Gasteiger partial charge on any atom is -0.497 e. The van der Waals surface area contributed by atoms with Gasteiger partial charge in [0.25, 0.3) is 5.91 Å². The number of hydrogen-bond acceptors (Lipinski definition) is 4. The summed E-state index contributed by atoms with van der Waals surface area (Å²) >= 11 is 0. The molecule has 1 aliphatic rings. The SMILES string of the molecule is COc1ccc(-n2c(C)cc(C(=O)NCCN3CCNCC3)c2C)cc1. The van der Waals surface area contributed by atoms with E-state index in [1.807, 2.05) is 44.2 Å². The predicted octanol–water partition coefficient (Wildman–Crippen LogP) is 1.74. The quantitative estimate of drug-likeness (QED) is 0.828. The fourth-order valence-corrected chi connectivity index (χ4v) is 3.48. The Morgan fingerprint density at radius 3 is 2.54 bits per heavy atom. The minimum absolute atomic E-state index is 0.00649. The number of ether oxygens (including phenoxy) is 1. The molecule has 2 heterocycles. The van der Waals surface area contributed by atoms with Crippen LogP contribution in [0.3, 0.4) is 0 Å². The van der Waals surface area contributed by atoms with E-state index in [1.165, 1.54) is 0 Å². The van der Waals surface area contributed by atoms with Gasteiger partial charge in [0.15, 0.2) is 0 Å². The lowest BCUT2D eigenvalue weighted by Crippen LogP contribution is -2.46. The Balaban J connectivity index is 1.67. The molecule has 0 aliphatic carbocycles. The second kappa shape index (κ2) is 8.38. The van der Waals surface area contributed by atoms with E-state index >= 15 is 0 Å². The van der Waals surface area contributed by atoms with E-state index in [-0.39, 0.29) is 5.91 Å². The zero-order valence-electron chi connectivity index (χ0n) is 15.8. The second-order valence-corrected chi connectivity index (χ2v) is 6.67. The third-order valence-electron chi connectivity index (χ3n) is 4.93. The van der Waals surface area contributed by atoms with Crippen molar-refractivity contribution in [3.8, 4) is 11.4 Å². The van der Waals surface area contributed by atoms with Gasteiger partial charge in [-0.25, -0.2) is 0 Å². The highest BCUT2D eigenvalue weighted by molar-refractivity contribution is 5.95. The highest BCUT2D eigenvalue weighted by Crippen LogP contribution is 2.22. The molecule has 140 valence electrons. The molecule has 0 spiro atoms. The number of piperazine rings is 1. The summed E-state index contributed by atoms with van der Waals surface area (Å²) in [6.45, 7) is 9.71. The van der Waals surface area contributed by atoms with Gasteiger partial charge in [0.1, 0.15) is 5.75 Å². The molecule has 0 atom stereocenters. The Labute approximate surface area is 155 Å². The topological polar surface area (TPSA) is 58.5 Å². The van der Waals surface area contributed by atoms with Crippen LogP contribution in [0.5, 0.6) is 5.75 Å². The van der Waals surface area contributed by atoms with Crippen molar-refractivity contribution >= 4 is 5.91 Å². The number of benzene rings is 1. The summed E-state index contributed by atoms with van der Waals surface area (Å²) in [5.74, 6) is 0.815. The van der Waals surface area contributed by atoms with E-state index in [0.29, 0.717) is 6.54 Å². The molecular weight excluding hydrogens is 328 g/mol. The fourth-order valence-electron chi connectivity index (χ4n) is 3.48. The first-order valence-electron chi connectivity index (χ1n) is 9.15. The first-order chi connectivity index (χ1) is 12.6. The smallest absolute Gasteiger partial charge is 0.253 e. The summed E-state index contributed by atoms with van der Waals surface area (Å²) in [5, 5.41) is 6.40. The van der Waals surface area contributed by atoms with Crippen LogP contribution in [-0.4, -0.2) is 61.8 Å². The van der Waals surface area contributed by atoms with Crippen molar-refractivity contribution < 1.29 is 9.53 Å². The van der Waals surface area contributed by atoms with E-state index in [9.17, 15) is 4.79 Å². The molecule has 3 rings (SSSR count). The van der Waals surface area contributed by atoms with Crippen LogP contribution in [0.2, 0.25) is 0 Å². The highest BCUT2D eigenvalue weighted by Gasteiger charge is 2.17. The van der Waals surface area contributed by atoms with Crippen LogP contribution in [0, 0.1) is 13.8 Å². The van der Waals surface area contributed by atoms with Crippen LogP contribution in [0.25, 0.3) is 5.69 Å². The molecule has 1 aromatic heterocycles. The Hall–Kier alpha value is -2.31. The average molecular weight is 356 g/mol. The first-order valence-corrected chi connectivity index (χ1v) is 9.15. The summed E-state index contributed by atoms with van der Waals surface area (Å²) in [6.07, 6.45) is 0. The summed E-state index contributed by atoms with van der Waals surface area (Å²) in [6, 6.07) is 9.83. The van der Waals surface area contributed by atoms with Gasteiger partial charge in [0.2, 0.25) is 0 Å². The Morgan fingerprint density at radius 1 is 1.19 bits per heavy atom. The standard InChI is InChI=1S/C20H28N4O2/c1-15-14-19(20(25)22-10-13-23-11-8-21-9-12-23)16(2)24(15)17-4-6-18(26-3)7-5-17/h4-7,14,21H,8-13H2,1-3H3,(H,22,25). The van der Waals surface area contributed by atoms with Crippen molar-refractivity contribution in [2.45, 2.75) is 13.8 Å². The highest BCUT2D eigenvalue weighted by atomic mass is 16.5. The third kappa shape index (κ3) is 4.08. The maximum Gasteiger partial charge on any atom is 0.253 e. The van der Waals surface area contributed by atoms with Crippen LogP contribution in [0.1, 0.15) is 21.7 Å². The second-order valence-electron chi connectivity index (χ2n) is 6.67. The number of nitrogens with zero attached hydrogens (tertiary/aromatic N) is 2. The van der Waals surface area contributed by atoms with Crippen LogP contribution in [0.4, 0.5) is 0 Å². The molecule has 2 aromatic rings. The Kier molecular flexibility index (Phi) is 5.96. The number of nitrogens with one attached hydrogen (secondary N) is 2. The van der Waals surface area contributed by atoms with Crippen LogP contribution < -0.4 is 15.4 Å². The fraction of sp³-hybridized carbons (Fsp3) is 0.450. The minimum atomic E-state index is -0.00649. The van der Waals surface area contributed by atoms with E-state index in [2.05, 4.69) is 20.1 Å². The van der Waals surface area contributed by atoms with Crippen molar-refractivity contribution in [2.24, 2.45) is 0 Å². The number of carbonyl (C=O) groups excluding carboxylic acids is 1. The summed E-state index contributed by atoms with van der Waals surface area (Å²) in [7, 11) is 1.66. The molecule has 6 nitrogen and oxygen atoms in total. The van der Waals surface area contributed by atoms with Gasteiger partial charge in [-0.05, 0) is 44.2 Å². The zero-order chi connectivity index (χ0) is 18.5. The van der Waals surface area contributed by atoms with Crippen molar-refractivity contribution in [1.82, 2.24) is 20.1 Å². The van der Waals surface area contributed by atoms with Crippen molar-refractivity contribution in [3.63, 3.8) is 0 Å². The molecule has 26 heavy (non-hydrogen) atoms. The molecule has 1 saturated heterocycles. The lowest BCUT2D eigenvalue weighted by molar-refractivity contribution is 0.0946. The summed E-state index contributed by atoms with van der Waals surface area (Å²) < 4.78 is 7.32. The first kappa shape index (κ1) is 18.5. The lowest BCUT2D eigenvalue weighted by atomic mass is 10.2. The number of aryl methyl sites for hydroxylation is 1. The predicted molar refractivity (Wildman–Crippen MR) is 103 cm³/mol. The number of aromatic nitrogens is 1. The Bertz CT molecular complexity index is 746. The van der Waals surface area contributed by atoms with E-state index in [1.54, 1.807) is 7.11 Å². The molecule has 0 saturated carbocycles. The Morgan fingerprint density at radius 2 is 1.88 bits per heavy atom. The van der Waals surface area contributed by atoms with Gasteiger partial charge in [0.05, 0.1) is 12.7 Å². The third-order valence-corrected chi connectivity index (χ3v) is 4.93. The molecule has 2 N–H and O–H groups in total. The number of rotatable bonds is 6. The van der Waals surface area contributed by atoms with Crippen LogP contribution in [-0.2, 0) is 0 Å². The number of amides is 1. The van der Waals surface area contributed by atoms with Gasteiger partial charge in [-0.15, -0.1) is 0 Å². The largest absolute Gasteiger partial charge is 0.497 e. The van der Waals surface area contributed by atoms with Gasteiger partial charge >= 0.3 is 0 Å². The number of carbonyl (C=O) groups is 1. The van der Waals surface area contributed by atoms with Gasteiger partial charge < -0.3 is 19.9 Å². The van der Waals surface area contributed by atoms with Crippen molar-refractivity contribution in [3.05, 3.63) is 47.3 Å². The van der Waals surface area contributed by atoms with E-state index in [0.717, 1.165) is 61.1 Å². The molecule has 1 amide bonds. The van der Waals surface area contributed by atoms with Crippen molar-refractivity contribution in [2.75, 3.05) is 46.4 Å². The van der Waals surface area contributed by atoms with Crippen LogP contribution >= 0.6 is 0 Å². The molecule has 1 fully saturated rings. The number of hydrogen-bond donors (Lipinski definition) is 2. The molecule has 0 unspecified atom stereocenters. The van der Waals surface area contributed by atoms with Gasteiger partial charge in [-0.2, -0.15) is 0 Å². The normalized spacial score (nSPS) is 15.0. The van der Waals surface area contributed by atoms with Crippen molar-refractivity contribution in [1.29, 1.82) is 0 Å². The molecule has 0 radical (unpaired) electrons. The molecular formula is C20H28N4O2. The average Bonchev–Trinajstić information content (AvgIpc) is 2.97. The van der Waals surface area contributed by atoms with Crippen LogP contribution in [0.15, 0.2) is 30.3 Å². The maximum absolute atomic E-state index is 12.6. The molecule has 1 aliphatic heterocycles. The zero-order valence-corrected chi connectivity index (χ0v) is 15.8. The molecule has 6 heteroatoms. The van der Waals surface area contributed by atoms with Gasteiger partial charge in [0, 0.05) is 56.3 Å². The lowest BCUT2D eigenvalue weighted by Gasteiger charge is -2.27. The molecule has 1 aromatic carbocycles.